The summed E-state index contributed by atoms with van der Waals surface area (Å²) in [6, 6.07) is 4.76. The standard InChI is InChI=1S/C12H16N2O4/c1-2-18-12-4-10(3-11(5-12)14(16)17)13-6-9(7-13)8-15/h3-5,9,15H,2,6-8H2,1H3. The minimum absolute atomic E-state index is 0.0309. The first-order valence-electron chi connectivity index (χ1n) is 5.92. The van der Waals surface area contributed by atoms with Crippen molar-refractivity contribution >= 4 is 11.4 Å². The van der Waals surface area contributed by atoms with Gasteiger partial charge < -0.3 is 14.7 Å². The maximum Gasteiger partial charge on any atom is 0.275 e. The number of aliphatic hydroxyl groups is 1. The largest absolute Gasteiger partial charge is 0.494 e. The van der Waals surface area contributed by atoms with E-state index in [1.807, 2.05) is 11.8 Å². The minimum Gasteiger partial charge on any atom is -0.494 e. The highest BCUT2D eigenvalue weighted by Gasteiger charge is 2.27. The van der Waals surface area contributed by atoms with Gasteiger partial charge in [-0.15, -0.1) is 0 Å². The Morgan fingerprint density at radius 2 is 2.22 bits per heavy atom. The van der Waals surface area contributed by atoms with Crippen molar-refractivity contribution in [1.29, 1.82) is 0 Å². The van der Waals surface area contributed by atoms with Crippen molar-refractivity contribution in [3.05, 3.63) is 28.3 Å². The zero-order valence-corrected chi connectivity index (χ0v) is 10.2. The Hall–Kier alpha value is -1.82. The Bertz CT molecular complexity index is 444. The Labute approximate surface area is 105 Å². The molecular formula is C12H16N2O4. The molecule has 1 aliphatic rings. The van der Waals surface area contributed by atoms with E-state index in [4.69, 9.17) is 9.84 Å². The van der Waals surface area contributed by atoms with Crippen molar-refractivity contribution < 1.29 is 14.8 Å². The lowest BCUT2D eigenvalue weighted by molar-refractivity contribution is -0.384. The number of nitro benzene ring substituents is 1. The lowest BCUT2D eigenvalue weighted by atomic mass is 10.0. The molecule has 0 radical (unpaired) electrons. The van der Waals surface area contributed by atoms with Crippen LogP contribution in [0.5, 0.6) is 5.75 Å². The number of nitro groups is 1. The van der Waals surface area contributed by atoms with E-state index in [1.165, 1.54) is 12.1 Å². The van der Waals surface area contributed by atoms with Crippen molar-refractivity contribution in [2.75, 3.05) is 31.2 Å². The third kappa shape index (κ3) is 2.53. The van der Waals surface area contributed by atoms with Crippen LogP contribution in [0.2, 0.25) is 0 Å². The third-order valence-corrected chi connectivity index (χ3v) is 2.98. The maximum absolute atomic E-state index is 10.9. The van der Waals surface area contributed by atoms with Gasteiger partial charge in [0.25, 0.3) is 5.69 Å². The number of non-ortho nitro benzene ring substituents is 1. The van der Waals surface area contributed by atoms with Crippen LogP contribution in [0, 0.1) is 16.0 Å². The zero-order chi connectivity index (χ0) is 13.1. The van der Waals surface area contributed by atoms with E-state index in [0.29, 0.717) is 12.4 Å². The molecule has 0 amide bonds. The average Bonchev–Trinajstić information content (AvgIpc) is 2.27. The van der Waals surface area contributed by atoms with Gasteiger partial charge in [-0.25, -0.2) is 0 Å². The molecule has 0 spiro atoms. The first-order valence-corrected chi connectivity index (χ1v) is 5.92. The molecule has 0 atom stereocenters. The molecule has 1 fully saturated rings. The number of benzene rings is 1. The van der Waals surface area contributed by atoms with Crippen molar-refractivity contribution in [3.63, 3.8) is 0 Å². The number of hydrogen-bond donors (Lipinski definition) is 1. The van der Waals surface area contributed by atoms with Gasteiger partial charge in [0.15, 0.2) is 0 Å². The summed E-state index contributed by atoms with van der Waals surface area (Å²) in [5, 5.41) is 19.8. The Morgan fingerprint density at radius 3 is 2.78 bits per heavy atom. The summed E-state index contributed by atoms with van der Waals surface area (Å²) in [6.45, 7) is 3.92. The van der Waals surface area contributed by atoms with E-state index >= 15 is 0 Å². The van der Waals surface area contributed by atoms with Crippen molar-refractivity contribution in [1.82, 2.24) is 0 Å². The van der Waals surface area contributed by atoms with E-state index in [2.05, 4.69) is 0 Å². The van der Waals surface area contributed by atoms with Crippen LogP contribution in [0.1, 0.15) is 6.92 Å². The molecule has 1 aromatic rings. The van der Waals surface area contributed by atoms with Crippen LogP contribution in [-0.4, -0.2) is 36.3 Å². The molecule has 0 aromatic heterocycles. The summed E-state index contributed by atoms with van der Waals surface area (Å²) in [5.74, 6) is 0.772. The van der Waals surface area contributed by atoms with Gasteiger partial charge >= 0.3 is 0 Å². The smallest absolute Gasteiger partial charge is 0.275 e. The topological polar surface area (TPSA) is 75.8 Å². The monoisotopic (exact) mass is 252 g/mol. The normalized spacial score (nSPS) is 15.3. The number of ether oxygens (including phenoxy) is 1. The molecule has 1 aromatic carbocycles. The maximum atomic E-state index is 10.9. The van der Waals surface area contributed by atoms with Gasteiger partial charge in [-0.05, 0) is 6.92 Å². The van der Waals surface area contributed by atoms with Crippen LogP contribution in [0.25, 0.3) is 0 Å². The zero-order valence-electron chi connectivity index (χ0n) is 10.2. The van der Waals surface area contributed by atoms with Crippen LogP contribution in [0.15, 0.2) is 18.2 Å². The fourth-order valence-corrected chi connectivity index (χ4v) is 2.00. The number of aliphatic hydroxyl groups excluding tert-OH is 1. The molecule has 18 heavy (non-hydrogen) atoms. The van der Waals surface area contributed by atoms with Crippen LogP contribution >= 0.6 is 0 Å². The van der Waals surface area contributed by atoms with Gasteiger partial charge in [0.2, 0.25) is 0 Å². The predicted octanol–water partition coefficient (Wildman–Crippen LogP) is 1.42. The molecule has 98 valence electrons. The summed E-state index contributed by atoms with van der Waals surface area (Å²) < 4.78 is 5.33. The Morgan fingerprint density at radius 1 is 1.50 bits per heavy atom. The van der Waals surface area contributed by atoms with Gasteiger partial charge in [0.1, 0.15) is 5.75 Å². The predicted molar refractivity (Wildman–Crippen MR) is 67.1 cm³/mol. The van der Waals surface area contributed by atoms with Crippen LogP contribution in [0.3, 0.4) is 0 Å². The summed E-state index contributed by atoms with van der Waals surface area (Å²) in [6.07, 6.45) is 0. The van der Waals surface area contributed by atoms with Crippen LogP contribution < -0.4 is 9.64 Å². The van der Waals surface area contributed by atoms with Crippen molar-refractivity contribution in [3.8, 4) is 5.75 Å². The first kappa shape index (κ1) is 12.6. The van der Waals surface area contributed by atoms with E-state index in [1.54, 1.807) is 6.07 Å². The molecule has 6 heteroatoms. The molecule has 0 bridgehead atoms. The molecule has 0 unspecified atom stereocenters. The highest BCUT2D eigenvalue weighted by atomic mass is 16.6. The lowest BCUT2D eigenvalue weighted by Gasteiger charge is -2.40. The highest BCUT2D eigenvalue weighted by Crippen LogP contribution is 2.32. The number of nitrogens with zero attached hydrogens (tertiary/aromatic N) is 2. The van der Waals surface area contributed by atoms with E-state index in [0.717, 1.165) is 18.8 Å². The van der Waals surface area contributed by atoms with E-state index < -0.39 is 4.92 Å². The first-order chi connectivity index (χ1) is 8.63. The summed E-state index contributed by atoms with van der Waals surface area (Å²) >= 11 is 0. The fraction of sp³-hybridized carbons (Fsp3) is 0.500. The van der Waals surface area contributed by atoms with Crippen molar-refractivity contribution in [2.45, 2.75) is 6.92 Å². The number of anilines is 1. The summed E-state index contributed by atoms with van der Waals surface area (Å²) in [5.41, 5.74) is 0.806. The molecular weight excluding hydrogens is 236 g/mol. The molecule has 1 N–H and O–H groups in total. The van der Waals surface area contributed by atoms with Crippen LogP contribution in [0.4, 0.5) is 11.4 Å². The molecule has 6 nitrogen and oxygen atoms in total. The quantitative estimate of drug-likeness (QED) is 0.633. The second kappa shape index (κ2) is 5.22. The summed E-state index contributed by atoms with van der Waals surface area (Å²) in [4.78, 5) is 12.4. The molecule has 0 aliphatic carbocycles. The second-order valence-electron chi connectivity index (χ2n) is 4.33. The number of rotatable bonds is 5. The molecule has 2 rings (SSSR count). The van der Waals surface area contributed by atoms with Gasteiger partial charge in [-0.2, -0.15) is 0 Å². The van der Waals surface area contributed by atoms with Gasteiger partial charge in [-0.1, -0.05) is 0 Å². The molecule has 1 saturated heterocycles. The van der Waals surface area contributed by atoms with Crippen molar-refractivity contribution in [2.24, 2.45) is 5.92 Å². The second-order valence-corrected chi connectivity index (χ2v) is 4.33. The Balaban J connectivity index is 2.21. The van der Waals surface area contributed by atoms with Gasteiger partial charge in [0.05, 0.1) is 17.6 Å². The molecule has 0 saturated carbocycles. The SMILES string of the molecule is CCOc1cc(N2CC(CO)C2)cc([N+](=O)[O-])c1. The summed E-state index contributed by atoms with van der Waals surface area (Å²) in [7, 11) is 0. The van der Waals surface area contributed by atoms with Crippen LogP contribution in [-0.2, 0) is 0 Å². The van der Waals surface area contributed by atoms with Gasteiger partial charge in [-0.3, -0.25) is 10.1 Å². The average molecular weight is 252 g/mol. The highest BCUT2D eigenvalue weighted by molar-refractivity contribution is 5.59. The minimum atomic E-state index is -0.421. The van der Waals surface area contributed by atoms with E-state index in [-0.39, 0.29) is 18.2 Å². The third-order valence-electron chi connectivity index (χ3n) is 2.98. The lowest BCUT2D eigenvalue weighted by Crippen LogP contribution is -2.48. The van der Waals surface area contributed by atoms with E-state index in [9.17, 15) is 10.1 Å². The number of hydrogen-bond acceptors (Lipinski definition) is 5. The fourth-order valence-electron chi connectivity index (χ4n) is 2.00. The Kier molecular flexibility index (Phi) is 3.66. The molecule has 1 heterocycles. The van der Waals surface area contributed by atoms with Gasteiger partial charge in [0, 0.05) is 43.4 Å². The molecule has 1 aliphatic heterocycles.